The van der Waals surface area contributed by atoms with Gasteiger partial charge in [0.2, 0.25) is 0 Å². The van der Waals surface area contributed by atoms with Gasteiger partial charge in [-0.15, -0.1) is 5.10 Å². The minimum atomic E-state index is 0.402. The van der Waals surface area contributed by atoms with Gasteiger partial charge in [-0.05, 0) is 47.6 Å². The summed E-state index contributed by atoms with van der Waals surface area (Å²) in [6.07, 6.45) is 11.2. The molecule has 0 spiro atoms. The lowest BCUT2D eigenvalue weighted by Crippen LogP contribution is -2.16. The van der Waals surface area contributed by atoms with Gasteiger partial charge in [0.25, 0.3) is 0 Å². The highest BCUT2D eigenvalue weighted by Gasteiger charge is 2.19. The van der Waals surface area contributed by atoms with Gasteiger partial charge in [-0.1, -0.05) is 53.6 Å². The minimum Gasteiger partial charge on any atom is -0.248 e. The van der Waals surface area contributed by atoms with Crippen LogP contribution in [0.1, 0.15) is 12.5 Å². The van der Waals surface area contributed by atoms with E-state index in [4.69, 9.17) is 23.2 Å². The monoisotopic (exact) mass is 333 g/mol. The van der Waals surface area contributed by atoms with Crippen molar-refractivity contribution in [2.45, 2.75) is 19.9 Å². The fraction of sp³-hybridized carbons (Fsp3) is 0.294. The number of nitrogens with zero attached hydrogens (tertiary/aromatic N) is 3. The Bertz CT molecular complexity index is 705. The molecule has 2 atom stereocenters. The van der Waals surface area contributed by atoms with Crippen LogP contribution in [0.25, 0.3) is 0 Å². The molecule has 3 rings (SSSR count). The molecule has 0 radical (unpaired) electrons. The molecule has 0 fully saturated rings. The SMILES string of the molecule is CC1C=CC(Cn2ccnn2)=CC1Cc1cc(Cl)ccc1Cl. The Morgan fingerprint density at radius 2 is 2.14 bits per heavy atom. The standard InChI is InChI=1S/C17H17Cl2N3/c1-12-2-3-13(11-22-7-6-20-21-22)8-14(12)9-15-10-16(18)4-5-17(15)19/h2-8,10,12,14H,9,11H2,1H3. The molecule has 1 aliphatic carbocycles. The molecular formula is C17H17Cl2N3. The van der Waals surface area contributed by atoms with Crippen molar-refractivity contribution in [2.24, 2.45) is 11.8 Å². The molecule has 0 aliphatic heterocycles. The lowest BCUT2D eigenvalue weighted by Gasteiger charge is -2.24. The van der Waals surface area contributed by atoms with Crippen molar-refractivity contribution in [3.8, 4) is 0 Å². The number of hydrogen-bond acceptors (Lipinski definition) is 2. The highest BCUT2D eigenvalue weighted by atomic mass is 35.5. The lowest BCUT2D eigenvalue weighted by atomic mass is 9.83. The first-order valence-corrected chi connectivity index (χ1v) is 8.04. The van der Waals surface area contributed by atoms with Gasteiger partial charge in [0.15, 0.2) is 0 Å². The number of aromatic nitrogens is 3. The number of halogens is 2. The zero-order valence-corrected chi connectivity index (χ0v) is 13.8. The van der Waals surface area contributed by atoms with Crippen molar-refractivity contribution in [1.29, 1.82) is 0 Å². The molecule has 3 nitrogen and oxygen atoms in total. The Balaban J connectivity index is 1.78. The van der Waals surface area contributed by atoms with Crippen molar-refractivity contribution >= 4 is 23.2 Å². The first-order valence-electron chi connectivity index (χ1n) is 7.29. The first kappa shape index (κ1) is 15.3. The van der Waals surface area contributed by atoms with Crippen LogP contribution in [0.5, 0.6) is 0 Å². The van der Waals surface area contributed by atoms with Crippen molar-refractivity contribution in [3.05, 3.63) is 70.0 Å². The van der Waals surface area contributed by atoms with Crippen LogP contribution >= 0.6 is 23.2 Å². The summed E-state index contributed by atoms with van der Waals surface area (Å²) >= 11 is 12.4. The van der Waals surface area contributed by atoms with Crippen LogP contribution in [-0.2, 0) is 13.0 Å². The second kappa shape index (κ2) is 6.67. The second-order valence-corrected chi connectivity index (χ2v) is 6.51. The third-order valence-corrected chi connectivity index (χ3v) is 4.60. The van der Waals surface area contributed by atoms with E-state index in [1.165, 1.54) is 5.57 Å². The molecule has 5 heteroatoms. The third kappa shape index (κ3) is 3.60. The van der Waals surface area contributed by atoms with E-state index in [-0.39, 0.29) is 0 Å². The molecule has 0 amide bonds. The molecule has 1 aromatic carbocycles. The van der Waals surface area contributed by atoms with Crippen LogP contribution in [0.15, 0.2) is 54.4 Å². The number of rotatable bonds is 4. The molecule has 0 N–H and O–H groups in total. The molecule has 1 aliphatic rings. The summed E-state index contributed by atoms with van der Waals surface area (Å²) in [5, 5.41) is 9.36. The van der Waals surface area contributed by atoms with Crippen LogP contribution in [0.3, 0.4) is 0 Å². The topological polar surface area (TPSA) is 30.7 Å². The largest absolute Gasteiger partial charge is 0.248 e. The summed E-state index contributed by atoms with van der Waals surface area (Å²) in [6.45, 7) is 2.96. The number of benzene rings is 1. The van der Waals surface area contributed by atoms with Crippen molar-refractivity contribution in [1.82, 2.24) is 15.0 Å². The average Bonchev–Trinajstić information content (AvgIpc) is 2.99. The van der Waals surface area contributed by atoms with Gasteiger partial charge in [0, 0.05) is 16.2 Å². The molecule has 0 saturated heterocycles. The molecule has 2 unspecified atom stereocenters. The summed E-state index contributed by atoms with van der Waals surface area (Å²) in [5.41, 5.74) is 2.34. The maximum absolute atomic E-state index is 6.29. The molecule has 0 saturated carbocycles. The Kier molecular flexibility index (Phi) is 4.65. The second-order valence-electron chi connectivity index (χ2n) is 5.66. The van der Waals surface area contributed by atoms with E-state index in [1.807, 2.05) is 29.1 Å². The van der Waals surface area contributed by atoms with Gasteiger partial charge in [0.05, 0.1) is 12.7 Å². The van der Waals surface area contributed by atoms with Gasteiger partial charge in [0.1, 0.15) is 0 Å². The van der Waals surface area contributed by atoms with Crippen LogP contribution in [-0.4, -0.2) is 15.0 Å². The summed E-state index contributed by atoms with van der Waals surface area (Å²) < 4.78 is 1.83. The smallest absolute Gasteiger partial charge is 0.0693 e. The number of allylic oxidation sites excluding steroid dienone is 4. The van der Waals surface area contributed by atoms with Crippen LogP contribution < -0.4 is 0 Å². The van der Waals surface area contributed by atoms with E-state index in [0.29, 0.717) is 11.8 Å². The summed E-state index contributed by atoms with van der Waals surface area (Å²) in [5.74, 6) is 0.869. The normalized spacial score (nSPS) is 21.0. The maximum Gasteiger partial charge on any atom is 0.0693 e. The predicted octanol–water partition coefficient (Wildman–Crippen LogP) is 4.58. The zero-order chi connectivity index (χ0) is 15.5. The van der Waals surface area contributed by atoms with E-state index in [9.17, 15) is 0 Å². The fourth-order valence-electron chi connectivity index (χ4n) is 2.71. The Hall–Kier alpha value is -1.58. The van der Waals surface area contributed by atoms with Gasteiger partial charge >= 0.3 is 0 Å². The van der Waals surface area contributed by atoms with Crippen LogP contribution in [0, 0.1) is 11.8 Å². The Morgan fingerprint density at radius 1 is 1.27 bits per heavy atom. The molecule has 1 aromatic heterocycles. The first-order chi connectivity index (χ1) is 10.6. The molecule has 1 heterocycles. The molecule has 2 aromatic rings. The average molecular weight is 334 g/mol. The lowest BCUT2D eigenvalue weighted by molar-refractivity contribution is 0.494. The highest BCUT2D eigenvalue weighted by Crippen LogP contribution is 2.30. The van der Waals surface area contributed by atoms with Crippen molar-refractivity contribution < 1.29 is 0 Å². The zero-order valence-electron chi connectivity index (χ0n) is 12.3. The maximum atomic E-state index is 6.29. The van der Waals surface area contributed by atoms with Gasteiger partial charge in [-0.3, -0.25) is 0 Å². The summed E-state index contributed by atoms with van der Waals surface area (Å²) in [4.78, 5) is 0. The number of hydrogen-bond donors (Lipinski definition) is 0. The van der Waals surface area contributed by atoms with Crippen LogP contribution in [0.2, 0.25) is 10.0 Å². The van der Waals surface area contributed by atoms with E-state index in [1.54, 1.807) is 6.20 Å². The van der Waals surface area contributed by atoms with Gasteiger partial charge in [-0.2, -0.15) is 0 Å². The molecule has 0 bridgehead atoms. The van der Waals surface area contributed by atoms with Gasteiger partial charge < -0.3 is 0 Å². The molecule has 22 heavy (non-hydrogen) atoms. The van der Waals surface area contributed by atoms with Crippen molar-refractivity contribution in [3.63, 3.8) is 0 Å². The Labute approximate surface area is 140 Å². The summed E-state index contributed by atoms with van der Waals surface area (Å²) in [7, 11) is 0. The van der Waals surface area contributed by atoms with Crippen LogP contribution in [0.4, 0.5) is 0 Å². The fourth-order valence-corrected chi connectivity index (χ4v) is 3.10. The van der Waals surface area contributed by atoms with E-state index >= 15 is 0 Å². The van der Waals surface area contributed by atoms with E-state index < -0.39 is 0 Å². The molecular weight excluding hydrogens is 317 g/mol. The van der Waals surface area contributed by atoms with E-state index in [2.05, 4.69) is 35.5 Å². The minimum absolute atomic E-state index is 0.402. The predicted molar refractivity (Wildman–Crippen MR) is 90.1 cm³/mol. The van der Waals surface area contributed by atoms with E-state index in [0.717, 1.165) is 28.6 Å². The quantitative estimate of drug-likeness (QED) is 0.820. The van der Waals surface area contributed by atoms with Gasteiger partial charge in [-0.25, -0.2) is 4.68 Å². The Morgan fingerprint density at radius 3 is 2.91 bits per heavy atom. The van der Waals surface area contributed by atoms with Crippen molar-refractivity contribution in [2.75, 3.05) is 0 Å². The third-order valence-electron chi connectivity index (χ3n) is 4.00. The molecule has 114 valence electrons. The summed E-state index contributed by atoms with van der Waals surface area (Å²) in [6, 6.07) is 5.64. The highest BCUT2D eigenvalue weighted by molar-refractivity contribution is 6.33.